The molecule has 3 N–H and O–H groups in total. The number of aliphatic hydroxyl groups excluding tert-OH is 2. The first kappa shape index (κ1) is 29.7. The highest BCUT2D eigenvalue weighted by molar-refractivity contribution is 6.30. The summed E-state index contributed by atoms with van der Waals surface area (Å²) >= 11 is 5.81. The van der Waals surface area contributed by atoms with E-state index < -0.39 is 36.1 Å². The first-order valence-corrected chi connectivity index (χ1v) is 12.6. The molecule has 1 saturated heterocycles. The summed E-state index contributed by atoms with van der Waals surface area (Å²) in [4.78, 5) is 46.8. The molecule has 3 aromatic rings. The van der Waals surface area contributed by atoms with E-state index in [1.165, 1.54) is 73.5 Å². The van der Waals surface area contributed by atoms with E-state index in [2.05, 4.69) is 26.9 Å². The summed E-state index contributed by atoms with van der Waals surface area (Å²) in [6.45, 7) is 1.18. The van der Waals surface area contributed by atoms with Crippen LogP contribution in [0.5, 0.6) is 0 Å². The van der Waals surface area contributed by atoms with E-state index in [1.807, 2.05) is 12.1 Å². The zero-order valence-corrected chi connectivity index (χ0v) is 21.6. The fraction of sp³-hybridized carbons (Fsp3) is 0.241. The highest BCUT2D eigenvalue weighted by atomic mass is 35.5. The topological polar surface area (TPSA) is 139 Å². The van der Waals surface area contributed by atoms with Crippen molar-refractivity contribution in [3.05, 3.63) is 107 Å². The summed E-state index contributed by atoms with van der Waals surface area (Å²) in [6.07, 6.45) is -1.05. The third-order valence-corrected chi connectivity index (χ3v) is 6.00. The van der Waals surface area contributed by atoms with E-state index in [0.717, 1.165) is 11.4 Å². The van der Waals surface area contributed by atoms with Crippen LogP contribution >= 0.6 is 11.6 Å². The third kappa shape index (κ3) is 9.42. The van der Waals surface area contributed by atoms with Crippen molar-refractivity contribution >= 4 is 35.5 Å². The van der Waals surface area contributed by atoms with Crippen LogP contribution in [0.2, 0.25) is 5.02 Å². The lowest BCUT2D eigenvalue weighted by Gasteiger charge is -2.14. The lowest BCUT2D eigenvalue weighted by atomic mass is 10.1. The van der Waals surface area contributed by atoms with Crippen molar-refractivity contribution in [3.8, 4) is 0 Å². The van der Waals surface area contributed by atoms with Gasteiger partial charge in [-0.15, -0.1) is 0 Å². The van der Waals surface area contributed by atoms with E-state index in [-0.39, 0.29) is 11.1 Å². The molecule has 0 radical (unpaired) electrons. The zero-order valence-electron chi connectivity index (χ0n) is 20.9. The lowest BCUT2D eigenvalue weighted by molar-refractivity contribution is -0.166. The van der Waals surface area contributed by atoms with E-state index in [9.17, 15) is 29.4 Å². The molecule has 3 aromatic carbocycles. The fourth-order valence-electron chi connectivity index (χ4n) is 3.66. The Balaban J connectivity index is 0.000000268. The average Bonchev–Trinajstić information content (AvgIpc) is 3.47. The number of hydrogen-bond donors (Lipinski definition) is 3. The number of rotatable bonds is 7. The van der Waals surface area contributed by atoms with Crippen LogP contribution in [0.15, 0.2) is 84.9 Å². The fourth-order valence-corrected chi connectivity index (χ4v) is 3.79. The van der Waals surface area contributed by atoms with Crippen molar-refractivity contribution in [2.24, 2.45) is 0 Å². The molecule has 4 rings (SSSR count). The molecule has 0 aliphatic carbocycles. The summed E-state index contributed by atoms with van der Waals surface area (Å²) in [5, 5.41) is 23.6. The molecule has 39 heavy (non-hydrogen) atoms. The Bertz CT molecular complexity index is 1180. The van der Waals surface area contributed by atoms with Gasteiger partial charge in [0.25, 0.3) is 0 Å². The first-order chi connectivity index (χ1) is 18.7. The molecule has 10 heteroatoms. The summed E-state index contributed by atoms with van der Waals surface area (Å²) in [5.74, 6) is -5.27. The Morgan fingerprint density at radius 1 is 0.769 bits per heavy atom. The van der Waals surface area contributed by atoms with E-state index in [4.69, 9.17) is 11.6 Å². The Morgan fingerprint density at radius 2 is 1.23 bits per heavy atom. The molecule has 9 nitrogen and oxygen atoms in total. The van der Waals surface area contributed by atoms with Gasteiger partial charge in [0.2, 0.25) is 0 Å². The number of aliphatic hydroxyl groups is 2. The maximum Gasteiger partial charge on any atom is 0.346 e. The van der Waals surface area contributed by atoms with Gasteiger partial charge >= 0.3 is 23.9 Å². The highest BCUT2D eigenvalue weighted by Gasteiger charge is 2.35. The molecule has 0 amide bonds. The molecule has 1 aliphatic rings. The monoisotopic (exact) mass is 553 g/mol. The molecule has 204 valence electrons. The van der Waals surface area contributed by atoms with Gasteiger partial charge in [-0.05, 0) is 67.8 Å². The van der Waals surface area contributed by atoms with Crippen LogP contribution in [0.3, 0.4) is 0 Å². The van der Waals surface area contributed by atoms with Gasteiger partial charge in [0.15, 0.2) is 12.2 Å². The molecule has 0 aromatic heterocycles. The number of halogens is 1. The summed E-state index contributed by atoms with van der Waals surface area (Å²) in [5.41, 5.74) is 1.44. The van der Waals surface area contributed by atoms with Crippen molar-refractivity contribution in [2.45, 2.75) is 37.5 Å². The molecule has 0 bridgehead atoms. The van der Waals surface area contributed by atoms with Crippen LogP contribution < -0.4 is 5.32 Å². The zero-order chi connectivity index (χ0) is 28.2. The number of ether oxygens (including phenoxy) is 2. The molecular weight excluding hydrogens is 526 g/mol. The molecule has 1 fully saturated rings. The second-order valence-corrected chi connectivity index (χ2v) is 9.10. The number of esters is 4. The van der Waals surface area contributed by atoms with Gasteiger partial charge in [-0.3, -0.25) is 0 Å². The van der Waals surface area contributed by atoms with Gasteiger partial charge in [0.1, 0.15) is 0 Å². The van der Waals surface area contributed by atoms with E-state index >= 15 is 0 Å². The maximum absolute atomic E-state index is 11.7. The minimum absolute atomic E-state index is 0.0318. The molecule has 0 saturated carbocycles. The first-order valence-electron chi connectivity index (χ1n) is 12.2. The predicted molar refractivity (Wildman–Crippen MR) is 142 cm³/mol. The second-order valence-electron chi connectivity index (χ2n) is 8.66. The summed E-state index contributed by atoms with van der Waals surface area (Å²) in [6, 6.07) is 23.7. The number of carbonyl (C=O) groups excluding carboxylic acids is 4. The SMILES string of the molecule is Clc1ccc(CC2CCCN2)cc1.O=C(OC(=O)C(O)C(O)C(=O)OC(=O)c1ccccc1)c1ccccc1. The second kappa shape index (κ2) is 14.9. The largest absolute Gasteiger partial charge is 0.387 e. The minimum Gasteiger partial charge on any atom is -0.387 e. The van der Waals surface area contributed by atoms with Crippen LogP contribution in [0.1, 0.15) is 39.1 Å². The molecular formula is C29H28ClNO8. The smallest absolute Gasteiger partial charge is 0.346 e. The maximum atomic E-state index is 11.7. The molecule has 3 atom stereocenters. The van der Waals surface area contributed by atoms with Crippen molar-refractivity contribution < 1.29 is 38.9 Å². The lowest BCUT2D eigenvalue weighted by Crippen LogP contribution is -2.43. The molecule has 3 unspecified atom stereocenters. The number of nitrogens with one attached hydrogen (secondary N) is 1. The molecule has 1 heterocycles. The van der Waals surface area contributed by atoms with Gasteiger partial charge in [0, 0.05) is 11.1 Å². The summed E-state index contributed by atoms with van der Waals surface area (Å²) in [7, 11) is 0. The predicted octanol–water partition coefficient (Wildman–Crippen LogP) is 3.11. The van der Waals surface area contributed by atoms with Crippen LogP contribution in [0.25, 0.3) is 0 Å². The Labute approximate surface area is 230 Å². The van der Waals surface area contributed by atoms with Gasteiger partial charge < -0.3 is 25.0 Å². The van der Waals surface area contributed by atoms with Crippen LogP contribution in [0, 0.1) is 0 Å². The van der Waals surface area contributed by atoms with Gasteiger partial charge in [0.05, 0.1) is 11.1 Å². The Kier molecular flexibility index (Phi) is 11.3. The molecule has 0 spiro atoms. The van der Waals surface area contributed by atoms with Crippen molar-refractivity contribution in [3.63, 3.8) is 0 Å². The third-order valence-electron chi connectivity index (χ3n) is 5.75. The van der Waals surface area contributed by atoms with Crippen LogP contribution in [-0.2, 0) is 25.5 Å². The van der Waals surface area contributed by atoms with Gasteiger partial charge in [-0.2, -0.15) is 0 Å². The van der Waals surface area contributed by atoms with E-state index in [0.29, 0.717) is 6.04 Å². The Morgan fingerprint density at radius 3 is 1.64 bits per heavy atom. The highest BCUT2D eigenvalue weighted by Crippen LogP contribution is 2.15. The van der Waals surface area contributed by atoms with Crippen molar-refractivity contribution in [1.29, 1.82) is 0 Å². The van der Waals surface area contributed by atoms with Gasteiger partial charge in [-0.1, -0.05) is 60.1 Å². The Hall–Kier alpha value is -3.89. The normalized spacial score (nSPS) is 15.7. The summed E-state index contributed by atoms with van der Waals surface area (Å²) < 4.78 is 8.76. The van der Waals surface area contributed by atoms with E-state index in [1.54, 1.807) is 12.1 Å². The standard InChI is InChI=1S/C18H14O8.C11H14ClN/c19-13(17(23)25-15(21)11-7-3-1-4-8-11)14(20)18(24)26-16(22)12-9-5-2-6-10-12;12-10-5-3-9(4-6-10)8-11-2-1-7-13-11/h1-10,13-14,19-20H;3-6,11,13H,1-2,7-8H2. The van der Waals surface area contributed by atoms with Crippen LogP contribution in [-0.4, -0.2) is 58.9 Å². The molecule has 1 aliphatic heterocycles. The number of benzene rings is 3. The quantitative estimate of drug-likeness (QED) is 0.297. The van der Waals surface area contributed by atoms with Crippen molar-refractivity contribution in [1.82, 2.24) is 5.32 Å². The average molecular weight is 554 g/mol. The minimum atomic E-state index is -2.40. The van der Waals surface area contributed by atoms with Crippen LogP contribution in [0.4, 0.5) is 0 Å². The van der Waals surface area contributed by atoms with Gasteiger partial charge in [-0.25, -0.2) is 19.2 Å². The number of hydrogen-bond acceptors (Lipinski definition) is 9. The number of carbonyl (C=O) groups is 4. The van der Waals surface area contributed by atoms with Crippen molar-refractivity contribution in [2.75, 3.05) is 6.54 Å².